The molecule has 0 bridgehead atoms. The predicted molar refractivity (Wildman–Crippen MR) is 54.9 cm³/mol. The van der Waals surface area contributed by atoms with Crippen molar-refractivity contribution in [2.24, 2.45) is 0 Å². The van der Waals surface area contributed by atoms with Crippen molar-refractivity contribution in [2.75, 3.05) is 5.73 Å². The molecule has 0 aliphatic heterocycles. The first-order valence-electron chi connectivity index (χ1n) is 3.73. The van der Waals surface area contributed by atoms with E-state index in [1.807, 2.05) is 0 Å². The molecule has 0 saturated carbocycles. The monoisotopic (exact) mass is 218 g/mol. The van der Waals surface area contributed by atoms with E-state index in [2.05, 4.69) is 35.7 Å². The van der Waals surface area contributed by atoms with Gasteiger partial charge in [-0.2, -0.15) is 15.0 Å². The molecular formula is C7H11ClN4S. The molecule has 72 valence electrons. The van der Waals surface area contributed by atoms with E-state index in [1.54, 1.807) is 0 Å². The molecule has 0 aromatic carbocycles. The van der Waals surface area contributed by atoms with E-state index in [9.17, 15) is 0 Å². The van der Waals surface area contributed by atoms with Crippen LogP contribution in [-0.4, -0.2) is 19.7 Å². The fourth-order valence-electron chi connectivity index (χ4n) is 0.666. The van der Waals surface area contributed by atoms with Gasteiger partial charge in [-0.05, 0) is 11.6 Å². The van der Waals surface area contributed by atoms with Crippen LogP contribution in [0.1, 0.15) is 20.8 Å². The topological polar surface area (TPSA) is 64.7 Å². The van der Waals surface area contributed by atoms with Gasteiger partial charge in [-0.3, -0.25) is 0 Å². The Morgan fingerprint density at radius 3 is 2.31 bits per heavy atom. The fourth-order valence-corrected chi connectivity index (χ4v) is 1.70. The molecule has 1 heterocycles. The molecule has 4 nitrogen and oxygen atoms in total. The zero-order valence-electron chi connectivity index (χ0n) is 7.71. The number of anilines is 1. The first kappa shape index (κ1) is 10.5. The summed E-state index contributed by atoms with van der Waals surface area (Å²) in [7, 11) is 0. The van der Waals surface area contributed by atoms with Gasteiger partial charge in [0.15, 0.2) is 5.16 Å². The van der Waals surface area contributed by atoms with Gasteiger partial charge in [0.25, 0.3) is 0 Å². The molecule has 0 radical (unpaired) electrons. The van der Waals surface area contributed by atoms with Crippen molar-refractivity contribution in [3.63, 3.8) is 0 Å². The lowest BCUT2D eigenvalue weighted by atomic mass is 10.3. The van der Waals surface area contributed by atoms with E-state index in [0.717, 1.165) is 0 Å². The number of rotatable bonds is 1. The number of nitrogens with zero attached hydrogens (tertiary/aromatic N) is 3. The lowest BCUT2D eigenvalue weighted by molar-refractivity contribution is 0.789. The van der Waals surface area contributed by atoms with Gasteiger partial charge in [-0.1, -0.05) is 32.5 Å². The first-order valence-corrected chi connectivity index (χ1v) is 4.92. The van der Waals surface area contributed by atoms with Crippen molar-refractivity contribution in [2.45, 2.75) is 30.7 Å². The summed E-state index contributed by atoms with van der Waals surface area (Å²) in [5.74, 6) is 0.159. The molecule has 1 aromatic rings. The number of aromatic nitrogens is 3. The largest absolute Gasteiger partial charge is 0.368 e. The zero-order valence-corrected chi connectivity index (χ0v) is 9.28. The second-order valence-corrected chi connectivity index (χ2v) is 5.59. The van der Waals surface area contributed by atoms with E-state index in [1.165, 1.54) is 11.8 Å². The van der Waals surface area contributed by atoms with Crippen LogP contribution >= 0.6 is 23.4 Å². The minimum absolute atomic E-state index is 0.0388. The highest BCUT2D eigenvalue weighted by atomic mass is 35.5. The minimum atomic E-state index is 0.0388. The van der Waals surface area contributed by atoms with Crippen molar-refractivity contribution in [1.82, 2.24) is 15.0 Å². The molecule has 0 aliphatic rings. The Balaban J connectivity index is 2.90. The van der Waals surface area contributed by atoms with Gasteiger partial charge in [0.1, 0.15) is 0 Å². The van der Waals surface area contributed by atoms with Crippen molar-refractivity contribution in [3.8, 4) is 0 Å². The molecule has 0 saturated heterocycles. The molecule has 6 heteroatoms. The minimum Gasteiger partial charge on any atom is -0.368 e. The van der Waals surface area contributed by atoms with Crippen molar-refractivity contribution >= 4 is 29.3 Å². The number of hydrogen-bond donors (Lipinski definition) is 1. The molecule has 0 spiro atoms. The second kappa shape index (κ2) is 3.67. The first-order chi connectivity index (χ1) is 5.87. The Kier molecular flexibility index (Phi) is 2.98. The van der Waals surface area contributed by atoms with Crippen LogP contribution in [0.2, 0.25) is 5.28 Å². The molecule has 2 N–H and O–H groups in total. The molecule has 0 fully saturated rings. The third-order valence-corrected chi connectivity index (χ3v) is 2.15. The van der Waals surface area contributed by atoms with E-state index in [0.29, 0.717) is 5.16 Å². The van der Waals surface area contributed by atoms with Crippen LogP contribution in [0.3, 0.4) is 0 Å². The number of nitrogen functional groups attached to an aromatic ring is 1. The van der Waals surface area contributed by atoms with Gasteiger partial charge < -0.3 is 5.73 Å². The van der Waals surface area contributed by atoms with E-state index >= 15 is 0 Å². The van der Waals surface area contributed by atoms with Crippen LogP contribution in [0.25, 0.3) is 0 Å². The third kappa shape index (κ3) is 3.78. The quantitative estimate of drug-likeness (QED) is 0.731. The summed E-state index contributed by atoms with van der Waals surface area (Å²) >= 11 is 7.13. The zero-order chi connectivity index (χ0) is 10.1. The molecular weight excluding hydrogens is 208 g/mol. The highest BCUT2D eigenvalue weighted by Crippen LogP contribution is 2.29. The maximum atomic E-state index is 5.62. The van der Waals surface area contributed by atoms with Crippen LogP contribution in [0.4, 0.5) is 5.95 Å². The third-order valence-electron chi connectivity index (χ3n) is 1.00. The van der Waals surface area contributed by atoms with Crippen LogP contribution in [0.5, 0.6) is 0 Å². The van der Waals surface area contributed by atoms with Gasteiger partial charge in [0.05, 0.1) is 0 Å². The highest BCUT2D eigenvalue weighted by molar-refractivity contribution is 8.00. The predicted octanol–water partition coefficient (Wildman–Crippen LogP) is 2.00. The summed E-state index contributed by atoms with van der Waals surface area (Å²) < 4.78 is 0.0388. The van der Waals surface area contributed by atoms with Crippen LogP contribution < -0.4 is 5.73 Å². The summed E-state index contributed by atoms with van der Waals surface area (Å²) in [6, 6.07) is 0. The Hall–Kier alpha value is -0.550. The Labute approximate surface area is 86.3 Å². The molecule has 0 unspecified atom stereocenters. The Bertz CT molecular complexity index is 290. The van der Waals surface area contributed by atoms with Gasteiger partial charge >= 0.3 is 0 Å². The molecule has 0 aliphatic carbocycles. The second-order valence-electron chi connectivity index (χ2n) is 3.46. The van der Waals surface area contributed by atoms with Crippen LogP contribution in [0.15, 0.2) is 5.16 Å². The van der Waals surface area contributed by atoms with Gasteiger partial charge in [0, 0.05) is 4.75 Å². The maximum absolute atomic E-state index is 5.62. The van der Waals surface area contributed by atoms with Crippen molar-refractivity contribution in [3.05, 3.63) is 5.28 Å². The highest BCUT2D eigenvalue weighted by Gasteiger charge is 2.15. The van der Waals surface area contributed by atoms with E-state index < -0.39 is 0 Å². The van der Waals surface area contributed by atoms with Crippen LogP contribution in [0, 0.1) is 0 Å². The van der Waals surface area contributed by atoms with Gasteiger partial charge in [-0.25, -0.2) is 0 Å². The molecule has 13 heavy (non-hydrogen) atoms. The Morgan fingerprint density at radius 1 is 1.23 bits per heavy atom. The molecule has 1 rings (SSSR count). The standard InChI is InChI=1S/C7H11ClN4S/c1-7(2,3)13-6-11-4(8)10-5(9)12-6/h1-3H3,(H2,9,10,11,12). The van der Waals surface area contributed by atoms with Gasteiger partial charge in [-0.15, -0.1) is 0 Å². The van der Waals surface area contributed by atoms with Crippen LogP contribution in [-0.2, 0) is 0 Å². The lowest BCUT2D eigenvalue weighted by Crippen LogP contribution is -2.09. The van der Waals surface area contributed by atoms with E-state index in [4.69, 9.17) is 17.3 Å². The smallest absolute Gasteiger partial charge is 0.228 e. The number of nitrogens with two attached hydrogens (primary N) is 1. The average molecular weight is 219 g/mol. The number of halogens is 1. The summed E-state index contributed by atoms with van der Waals surface area (Å²) in [5, 5.41) is 0.698. The summed E-state index contributed by atoms with van der Waals surface area (Å²) in [6.07, 6.45) is 0. The van der Waals surface area contributed by atoms with E-state index in [-0.39, 0.29) is 16.0 Å². The number of thioether (sulfide) groups is 1. The fraction of sp³-hybridized carbons (Fsp3) is 0.571. The van der Waals surface area contributed by atoms with Crippen molar-refractivity contribution in [1.29, 1.82) is 0 Å². The summed E-state index contributed by atoms with van der Waals surface area (Å²) in [6.45, 7) is 6.18. The molecule has 1 aromatic heterocycles. The number of hydrogen-bond acceptors (Lipinski definition) is 5. The Morgan fingerprint density at radius 2 is 1.85 bits per heavy atom. The summed E-state index contributed by atoms with van der Waals surface area (Å²) in [5.41, 5.74) is 5.42. The summed E-state index contributed by atoms with van der Waals surface area (Å²) in [4.78, 5) is 11.6. The lowest BCUT2D eigenvalue weighted by Gasteiger charge is -2.15. The average Bonchev–Trinajstić information content (AvgIpc) is 1.78. The van der Waals surface area contributed by atoms with Crippen molar-refractivity contribution < 1.29 is 0 Å². The normalized spacial score (nSPS) is 11.7. The molecule has 0 atom stereocenters. The SMILES string of the molecule is CC(C)(C)Sc1nc(N)nc(Cl)n1. The molecule has 0 amide bonds. The van der Waals surface area contributed by atoms with Gasteiger partial charge in [0.2, 0.25) is 11.2 Å². The maximum Gasteiger partial charge on any atom is 0.228 e.